The molecule has 0 aliphatic rings. The molecule has 0 saturated heterocycles. The van der Waals surface area contributed by atoms with E-state index in [1.54, 1.807) is 24.3 Å². The van der Waals surface area contributed by atoms with Crippen molar-refractivity contribution in [1.29, 1.82) is 0 Å². The molecule has 0 aliphatic carbocycles. The van der Waals surface area contributed by atoms with E-state index in [9.17, 15) is 4.79 Å². The van der Waals surface area contributed by atoms with Crippen LogP contribution in [0.25, 0.3) is 0 Å². The summed E-state index contributed by atoms with van der Waals surface area (Å²) in [5.41, 5.74) is 4.70. The molecule has 0 unspecified atom stereocenters. The van der Waals surface area contributed by atoms with E-state index >= 15 is 0 Å². The maximum atomic E-state index is 12.1. The van der Waals surface area contributed by atoms with E-state index in [1.807, 2.05) is 104 Å². The van der Waals surface area contributed by atoms with Crippen molar-refractivity contribution in [2.45, 2.75) is 55.4 Å². The highest BCUT2D eigenvalue weighted by Crippen LogP contribution is 2.14. The van der Waals surface area contributed by atoms with Crippen molar-refractivity contribution in [2.75, 3.05) is 0 Å². The van der Waals surface area contributed by atoms with Crippen molar-refractivity contribution < 1.29 is 9.53 Å². The Morgan fingerprint density at radius 2 is 0.935 bits per heavy atom. The van der Waals surface area contributed by atoms with Gasteiger partial charge in [0.05, 0.1) is 5.56 Å². The van der Waals surface area contributed by atoms with Crippen LogP contribution in [0.4, 0.5) is 0 Å². The molecule has 0 fully saturated rings. The first kappa shape index (κ1) is 27.7. The minimum absolute atomic E-state index is 0.363. The van der Waals surface area contributed by atoms with Crippen molar-refractivity contribution >= 4 is 5.97 Å². The Morgan fingerprint density at radius 3 is 1.35 bits per heavy atom. The number of benzene rings is 3. The van der Waals surface area contributed by atoms with Gasteiger partial charge in [-0.25, -0.2) is 4.79 Å². The largest absolute Gasteiger partial charge is 0.423 e. The molecular weight excluding hydrogens is 380 g/mol. The fraction of sp³-hybridized carbons (Fsp3) is 0.276. The smallest absolute Gasteiger partial charge is 0.343 e. The average Bonchev–Trinajstić information content (AvgIpc) is 2.84. The number of esters is 1. The van der Waals surface area contributed by atoms with Gasteiger partial charge in [-0.15, -0.1) is 0 Å². The second kappa shape index (κ2) is 16.5. The number of ether oxygens (including phenoxy) is 1. The number of carbonyl (C=O) groups is 1. The molecule has 3 rings (SSSR count). The van der Waals surface area contributed by atoms with E-state index in [4.69, 9.17) is 4.74 Å². The van der Waals surface area contributed by atoms with Crippen molar-refractivity contribution in [3.05, 3.63) is 101 Å². The maximum Gasteiger partial charge on any atom is 0.343 e. The van der Waals surface area contributed by atoms with Gasteiger partial charge in [-0.1, -0.05) is 88.8 Å². The number of hydrogen-bond acceptors (Lipinski definition) is 2. The molecule has 164 valence electrons. The lowest BCUT2D eigenvalue weighted by molar-refractivity contribution is 0.0734. The molecule has 0 N–H and O–H groups in total. The van der Waals surface area contributed by atoms with E-state index in [1.165, 1.54) is 5.56 Å². The average molecular weight is 417 g/mol. The van der Waals surface area contributed by atoms with Crippen molar-refractivity contribution in [3.63, 3.8) is 0 Å². The minimum atomic E-state index is -0.363. The first-order chi connectivity index (χ1) is 15.1. The van der Waals surface area contributed by atoms with Crippen LogP contribution in [0.3, 0.4) is 0 Å². The van der Waals surface area contributed by atoms with E-state index < -0.39 is 0 Å². The summed E-state index contributed by atoms with van der Waals surface area (Å²) in [5, 5.41) is 0. The Balaban J connectivity index is 0.00000138. The van der Waals surface area contributed by atoms with E-state index in [0.29, 0.717) is 11.3 Å². The standard InChI is InChI=1S/C23H18O2.3C2H6/c1-17-3-7-19(8-4-17)9-10-20-11-15-22(16-12-20)25-23(24)21-13-5-18(2)6-14-21;3*1-2/h3-8,11-16H,1-2H3;3*1-2H3. The van der Waals surface area contributed by atoms with Gasteiger partial charge in [-0.2, -0.15) is 0 Å². The van der Waals surface area contributed by atoms with Crippen LogP contribution in [-0.2, 0) is 0 Å². The molecule has 0 spiro atoms. The number of carbonyl (C=O) groups excluding carboxylic acids is 1. The first-order valence-electron chi connectivity index (χ1n) is 11.1. The van der Waals surface area contributed by atoms with Crippen molar-refractivity contribution in [2.24, 2.45) is 0 Å². The molecule has 3 aromatic carbocycles. The fourth-order valence-corrected chi connectivity index (χ4v) is 2.24. The fourth-order valence-electron chi connectivity index (χ4n) is 2.24. The summed E-state index contributed by atoms with van der Waals surface area (Å²) in [7, 11) is 0. The second-order valence-electron chi connectivity index (χ2n) is 5.90. The summed E-state index contributed by atoms with van der Waals surface area (Å²) in [6.45, 7) is 16.0. The highest BCUT2D eigenvalue weighted by molar-refractivity contribution is 5.91. The highest BCUT2D eigenvalue weighted by atomic mass is 16.5. The summed E-state index contributed by atoms with van der Waals surface area (Å²) in [5.74, 6) is 6.37. The molecule has 2 heteroatoms. The Bertz CT molecular complexity index is 923. The van der Waals surface area contributed by atoms with Gasteiger partial charge in [-0.3, -0.25) is 0 Å². The molecule has 31 heavy (non-hydrogen) atoms. The van der Waals surface area contributed by atoms with Crippen LogP contribution in [0.5, 0.6) is 5.75 Å². The summed E-state index contributed by atoms with van der Waals surface area (Å²) < 4.78 is 5.38. The molecule has 0 aromatic heterocycles. The first-order valence-corrected chi connectivity index (χ1v) is 11.1. The molecular formula is C29H36O2. The second-order valence-corrected chi connectivity index (χ2v) is 5.90. The molecule has 0 aliphatic heterocycles. The highest BCUT2D eigenvalue weighted by Gasteiger charge is 2.07. The maximum absolute atomic E-state index is 12.1. The summed E-state index contributed by atoms with van der Waals surface area (Å²) in [6.07, 6.45) is 0. The van der Waals surface area contributed by atoms with Crippen LogP contribution in [0, 0.1) is 25.7 Å². The number of hydrogen-bond donors (Lipinski definition) is 0. The van der Waals surface area contributed by atoms with Crippen LogP contribution in [0.2, 0.25) is 0 Å². The zero-order chi connectivity index (χ0) is 23.6. The molecule has 2 nitrogen and oxygen atoms in total. The minimum Gasteiger partial charge on any atom is -0.423 e. The van der Waals surface area contributed by atoms with E-state index in [-0.39, 0.29) is 5.97 Å². The SMILES string of the molecule is CC.CC.CC.Cc1ccc(C#Cc2ccc(OC(=O)c3ccc(C)cc3)cc2)cc1. The van der Waals surface area contributed by atoms with E-state index in [0.717, 1.165) is 16.7 Å². The third-order valence-corrected chi connectivity index (χ3v) is 3.75. The number of rotatable bonds is 2. The van der Waals surface area contributed by atoms with Gasteiger partial charge >= 0.3 is 5.97 Å². The number of aryl methyl sites for hydroxylation is 2. The van der Waals surface area contributed by atoms with Gasteiger partial charge in [-0.05, 0) is 62.4 Å². The lowest BCUT2D eigenvalue weighted by Crippen LogP contribution is -2.08. The zero-order valence-electron chi connectivity index (χ0n) is 20.2. The van der Waals surface area contributed by atoms with Gasteiger partial charge < -0.3 is 4.74 Å². The summed E-state index contributed by atoms with van der Waals surface area (Å²) in [4.78, 5) is 12.1. The monoisotopic (exact) mass is 416 g/mol. The lowest BCUT2D eigenvalue weighted by Gasteiger charge is -2.04. The van der Waals surface area contributed by atoms with Crippen molar-refractivity contribution in [3.8, 4) is 17.6 Å². The molecule has 0 atom stereocenters. The Kier molecular flexibility index (Phi) is 14.7. The molecule has 3 aromatic rings. The zero-order valence-corrected chi connectivity index (χ0v) is 20.2. The third-order valence-electron chi connectivity index (χ3n) is 3.75. The van der Waals surface area contributed by atoms with Gasteiger partial charge in [0.1, 0.15) is 5.75 Å². The van der Waals surface area contributed by atoms with Gasteiger partial charge in [0.15, 0.2) is 0 Å². The van der Waals surface area contributed by atoms with Crippen LogP contribution in [-0.4, -0.2) is 5.97 Å². The Labute approximate surface area is 189 Å². The topological polar surface area (TPSA) is 26.3 Å². The van der Waals surface area contributed by atoms with Gasteiger partial charge in [0, 0.05) is 11.1 Å². The molecule has 0 amide bonds. The van der Waals surface area contributed by atoms with Gasteiger partial charge in [0.25, 0.3) is 0 Å². The van der Waals surface area contributed by atoms with E-state index in [2.05, 4.69) is 11.8 Å². The molecule has 0 bridgehead atoms. The van der Waals surface area contributed by atoms with Crippen LogP contribution >= 0.6 is 0 Å². The molecule has 0 radical (unpaired) electrons. The summed E-state index contributed by atoms with van der Waals surface area (Å²) in [6, 6.07) is 22.6. The molecule has 0 saturated carbocycles. The van der Waals surface area contributed by atoms with Gasteiger partial charge in [0.2, 0.25) is 0 Å². The summed E-state index contributed by atoms with van der Waals surface area (Å²) >= 11 is 0. The Hall–Kier alpha value is -3.31. The van der Waals surface area contributed by atoms with Crippen LogP contribution < -0.4 is 4.74 Å². The quantitative estimate of drug-likeness (QED) is 0.240. The normalized spacial score (nSPS) is 8.52. The predicted molar refractivity (Wildman–Crippen MR) is 134 cm³/mol. The van der Waals surface area contributed by atoms with Crippen molar-refractivity contribution in [1.82, 2.24) is 0 Å². The third kappa shape index (κ3) is 10.3. The molecule has 0 heterocycles. The van der Waals surface area contributed by atoms with Crippen LogP contribution in [0.1, 0.15) is 74.2 Å². The lowest BCUT2D eigenvalue weighted by atomic mass is 10.1. The van der Waals surface area contributed by atoms with Crippen LogP contribution in [0.15, 0.2) is 72.8 Å². The Morgan fingerprint density at radius 1 is 0.581 bits per heavy atom. The predicted octanol–water partition coefficient (Wildman–Crippen LogP) is 8.00.